The second kappa shape index (κ2) is 13.7. The minimum atomic E-state index is -4.68. The normalized spacial score (nSPS) is 15.3. The molecule has 5 rings (SSSR count). The molecule has 1 atom stereocenters. The lowest BCUT2D eigenvalue weighted by molar-refractivity contribution is 0.155. The fourth-order valence-electron chi connectivity index (χ4n) is 5.02. The Balaban J connectivity index is 1.65. The molecule has 46 heavy (non-hydrogen) atoms. The summed E-state index contributed by atoms with van der Waals surface area (Å²) in [4.78, 5) is 11.4. The molecule has 244 valence electrons. The van der Waals surface area contributed by atoms with Crippen molar-refractivity contribution in [3.8, 4) is 22.9 Å². The zero-order valence-corrected chi connectivity index (χ0v) is 27.8. The molecular formula is C28H30BrN7O8S2. The number of H-pyrrole nitrogens is 1. The smallest absolute Gasteiger partial charge is 0.407 e. The van der Waals surface area contributed by atoms with Crippen LogP contribution in [-0.2, 0) is 33.1 Å². The molecule has 1 aliphatic rings. The monoisotopic (exact) mass is 735 g/mol. The number of methoxy groups -OCH3 is 2. The van der Waals surface area contributed by atoms with Crippen molar-refractivity contribution in [2.45, 2.75) is 35.3 Å². The summed E-state index contributed by atoms with van der Waals surface area (Å²) < 4.78 is 72.1. The van der Waals surface area contributed by atoms with E-state index in [1.807, 2.05) is 0 Å². The van der Waals surface area contributed by atoms with Crippen molar-refractivity contribution < 1.29 is 36.2 Å². The molecule has 0 radical (unpaired) electrons. The Kier molecular flexibility index (Phi) is 9.92. The van der Waals surface area contributed by atoms with E-state index in [1.165, 1.54) is 26.4 Å². The van der Waals surface area contributed by atoms with E-state index in [-0.39, 0.29) is 48.5 Å². The molecule has 0 aliphatic carbocycles. The highest BCUT2D eigenvalue weighted by Crippen LogP contribution is 2.39. The van der Waals surface area contributed by atoms with E-state index in [2.05, 4.69) is 41.3 Å². The topological polar surface area (TPSA) is 197 Å². The van der Waals surface area contributed by atoms with Crippen molar-refractivity contribution in [1.82, 2.24) is 34.6 Å². The third-order valence-electron chi connectivity index (χ3n) is 7.34. The second-order valence-electron chi connectivity index (χ2n) is 10.3. The molecule has 0 bridgehead atoms. The van der Waals surface area contributed by atoms with Gasteiger partial charge >= 0.3 is 6.09 Å². The van der Waals surface area contributed by atoms with Crippen LogP contribution in [0.15, 0.2) is 74.9 Å². The van der Waals surface area contributed by atoms with Gasteiger partial charge in [0.25, 0.3) is 0 Å². The molecule has 3 aromatic carbocycles. The number of rotatable bonds is 12. The van der Waals surface area contributed by atoms with Crippen molar-refractivity contribution in [3.05, 3.63) is 76.3 Å². The van der Waals surface area contributed by atoms with Gasteiger partial charge in [-0.3, -0.25) is 0 Å². The van der Waals surface area contributed by atoms with E-state index >= 15 is 0 Å². The largest absolute Gasteiger partial charge is 0.497 e. The van der Waals surface area contributed by atoms with Gasteiger partial charge in [-0.2, -0.15) is 9.52 Å². The van der Waals surface area contributed by atoms with Gasteiger partial charge in [0, 0.05) is 36.7 Å². The molecule has 15 nitrogen and oxygen atoms in total. The van der Waals surface area contributed by atoms with Crippen LogP contribution >= 0.6 is 15.9 Å². The van der Waals surface area contributed by atoms with E-state index < -0.39 is 42.0 Å². The third kappa shape index (κ3) is 7.15. The average molecular weight is 737 g/mol. The van der Waals surface area contributed by atoms with E-state index in [0.717, 1.165) is 9.21 Å². The molecule has 1 fully saturated rings. The Morgan fingerprint density at radius 2 is 1.59 bits per heavy atom. The summed E-state index contributed by atoms with van der Waals surface area (Å²) in [6.45, 7) is -0.245. The summed E-state index contributed by atoms with van der Waals surface area (Å²) in [5.74, 6) is 0.995. The number of likely N-dealkylation sites (tertiary alicyclic amines) is 1. The van der Waals surface area contributed by atoms with Crippen LogP contribution in [0.3, 0.4) is 0 Å². The number of sulfonamides is 2. The Hall–Kier alpha value is -4.10. The summed E-state index contributed by atoms with van der Waals surface area (Å²) in [5, 5.41) is 23.1. The first-order valence-electron chi connectivity index (χ1n) is 13.8. The van der Waals surface area contributed by atoms with Gasteiger partial charge in [-0.15, -0.1) is 10.2 Å². The summed E-state index contributed by atoms with van der Waals surface area (Å²) >= 11 is 3.37. The first kappa shape index (κ1) is 33.3. The summed E-state index contributed by atoms with van der Waals surface area (Å²) in [5.41, 5.74) is 1.09. The number of hydrogen-bond acceptors (Lipinski definition) is 10. The second-order valence-corrected chi connectivity index (χ2v) is 14.7. The van der Waals surface area contributed by atoms with Gasteiger partial charge in [0.1, 0.15) is 21.3 Å². The highest BCUT2D eigenvalue weighted by molar-refractivity contribution is 9.10. The maximum Gasteiger partial charge on any atom is 0.407 e. The molecule has 1 aliphatic heterocycles. The molecule has 2 heterocycles. The molecule has 0 spiro atoms. The van der Waals surface area contributed by atoms with E-state index in [4.69, 9.17) is 9.47 Å². The maximum atomic E-state index is 14.9. The van der Waals surface area contributed by atoms with Crippen LogP contribution in [0.1, 0.15) is 17.5 Å². The number of hydrogen-bond donors (Lipinski definition) is 3. The van der Waals surface area contributed by atoms with Gasteiger partial charge in [-0.05, 0) is 75.1 Å². The minimum Gasteiger partial charge on any atom is -0.497 e. The number of halogens is 1. The maximum absolute atomic E-state index is 14.9. The molecule has 0 unspecified atom stereocenters. The van der Waals surface area contributed by atoms with Crippen LogP contribution in [0.4, 0.5) is 4.79 Å². The molecule has 1 saturated heterocycles. The molecule has 18 heteroatoms. The van der Waals surface area contributed by atoms with Crippen LogP contribution in [0.2, 0.25) is 0 Å². The Morgan fingerprint density at radius 1 is 1.00 bits per heavy atom. The van der Waals surface area contributed by atoms with Gasteiger partial charge in [0.05, 0.1) is 19.8 Å². The zero-order chi connectivity index (χ0) is 33.1. The number of carbonyl (C=O) groups is 1. The SMILES string of the molecule is COc1ccc(CN(Cc2ccc(OC)cc2)S(=O)(=O)c2c(S(=O)(=O)N[C@@H]3CCN(C(=O)O)C3)ccc(Br)c2-c2nn[nH]n2)cc1. The van der Waals surface area contributed by atoms with E-state index in [1.54, 1.807) is 48.5 Å². The highest BCUT2D eigenvalue weighted by Gasteiger charge is 2.38. The molecule has 4 aromatic rings. The molecular weight excluding hydrogens is 706 g/mol. The van der Waals surface area contributed by atoms with E-state index in [9.17, 15) is 26.7 Å². The number of amides is 1. The molecule has 3 N–H and O–H groups in total. The van der Waals surface area contributed by atoms with Crippen LogP contribution in [0, 0.1) is 0 Å². The number of carboxylic acid groups (broad SMARTS) is 1. The molecule has 1 amide bonds. The summed E-state index contributed by atoms with van der Waals surface area (Å²) in [7, 11) is -6.20. The molecule has 0 saturated carbocycles. The number of nitrogens with zero attached hydrogens (tertiary/aromatic N) is 5. The Bertz CT molecular complexity index is 1860. The van der Waals surface area contributed by atoms with Crippen LogP contribution < -0.4 is 14.2 Å². The van der Waals surface area contributed by atoms with Gasteiger partial charge in [-0.1, -0.05) is 24.3 Å². The number of tetrazole rings is 1. The van der Waals surface area contributed by atoms with Crippen molar-refractivity contribution in [2.75, 3.05) is 27.3 Å². The van der Waals surface area contributed by atoms with Gasteiger partial charge < -0.3 is 19.5 Å². The third-order valence-corrected chi connectivity index (χ3v) is 11.6. The van der Waals surface area contributed by atoms with Crippen molar-refractivity contribution in [1.29, 1.82) is 0 Å². The van der Waals surface area contributed by atoms with Gasteiger partial charge in [-0.25, -0.2) is 26.4 Å². The fourth-order valence-corrected chi connectivity index (χ4v) is 9.33. The van der Waals surface area contributed by atoms with Crippen LogP contribution in [0.25, 0.3) is 11.4 Å². The zero-order valence-electron chi connectivity index (χ0n) is 24.6. The predicted molar refractivity (Wildman–Crippen MR) is 168 cm³/mol. The first-order chi connectivity index (χ1) is 21.9. The minimum absolute atomic E-state index is 0.0913. The number of ether oxygens (including phenoxy) is 2. The highest BCUT2D eigenvalue weighted by atomic mass is 79.9. The molecule has 1 aromatic heterocycles. The lowest BCUT2D eigenvalue weighted by Crippen LogP contribution is -2.39. The number of benzene rings is 3. The summed E-state index contributed by atoms with van der Waals surface area (Å²) in [6, 6.07) is 15.4. The lowest BCUT2D eigenvalue weighted by Gasteiger charge is -2.26. The van der Waals surface area contributed by atoms with Crippen LogP contribution in [-0.4, -0.2) is 91.2 Å². The van der Waals surface area contributed by atoms with Crippen molar-refractivity contribution in [2.24, 2.45) is 0 Å². The standard InChI is InChI=1S/C28H30BrN7O8S2/c1-43-21-7-3-18(4-8-21)15-36(16-19-5-9-22(44-2)10-6-19)46(41,42)26-24(12-11-23(29)25(26)27-30-33-34-31-27)45(39,40)32-20-13-14-35(17-20)28(37)38/h3-12,20,32H,13-17H2,1-2H3,(H,37,38)(H,30,31,33,34)/t20-/m1/s1. The number of aromatic nitrogens is 4. The first-order valence-corrected chi connectivity index (χ1v) is 17.5. The van der Waals surface area contributed by atoms with E-state index in [0.29, 0.717) is 22.6 Å². The average Bonchev–Trinajstić information content (AvgIpc) is 3.74. The Morgan fingerprint density at radius 3 is 2.07 bits per heavy atom. The predicted octanol–water partition coefficient (Wildman–Crippen LogP) is 3.07. The Labute approximate surface area is 273 Å². The van der Waals surface area contributed by atoms with Crippen molar-refractivity contribution in [3.63, 3.8) is 0 Å². The summed E-state index contributed by atoms with van der Waals surface area (Å²) in [6.07, 6.45) is -0.969. The van der Waals surface area contributed by atoms with Crippen molar-refractivity contribution >= 4 is 42.1 Å². The van der Waals surface area contributed by atoms with Gasteiger partial charge in [0.15, 0.2) is 0 Å². The fraction of sp³-hybridized carbons (Fsp3) is 0.286. The van der Waals surface area contributed by atoms with Gasteiger partial charge in [0.2, 0.25) is 25.9 Å². The lowest BCUT2D eigenvalue weighted by atomic mass is 10.2. The quantitative estimate of drug-likeness (QED) is 0.193. The number of nitrogens with one attached hydrogen (secondary N) is 2. The van der Waals surface area contributed by atoms with Crippen LogP contribution in [0.5, 0.6) is 11.5 Å². The number of aromatic amines is 1.